The molecule has 0 aliphatic carbocycles. The van der Waals surface area contributed by atoms with Gasteiger partial charge in [-0.2, -0.15) is 5.26 Å². The van der Waals surface area contributed by atoms with Gasteiger partial charge in [0.15, 0.2) is 18.1 Å². The lowest BCUT2D eigenvalue weighted by atomic mass is 10.0. The first-order valence-corrected chi connectivity index (χ1v) is 5.61. The number of nitrogens with one attached hydrogen (secondary N) is 1. The number of aliphatic hydroxyl groups excluding tert-OH is 1. The van der Waals surface area contributed by atoms with Gasteiger partial charge in [0.1, 0.15) is 22.9 Å². The van der Waals surface area contributed by atoms with E-state index in [0.29, 0.717) is 0 Å². The summed E-state index contributed by atoms with van der Waals surface area (Å²) in [5.41, 5.74) is 6.81. The van der Waals surface area contributed by atoms with Crippen molar-refractivity contribution in [2.75, 3.05) is 0 Å². The lowest BCUT2D eigenvalue weighted by molar-refractivity contribution is -0.215. The first-order chi connectivity index (χ1) is 8.48. The first kappa shape index (κ1) is 13.1. The van der Waals surface area contributed by atoms with E-state index in [4.69, 9.17) is 25.0 Å². The zero-order valence-electron chi connectivity index (χ0n) is 10.1. The van der Waals surface area contributed by atoms with Crippen molar-refractivity contribution in [2.24, 2.45) is 5.11 Å². The predicted octanol–water partition coefficient (Wildman–Crippen LogP) is 0.0563. The number of ether oxygens (including phenoxy) is 3. The van der Waals surface area contributed by atoms with Crippen molar-refractivity contribution >= 4 is 0 Å². The van der Waals surface area contributed by atoms with Gasteiger partial charge < -0.3 is 19.3 Å². The van der Waals surface area contributed by atoms with E-state index in [-0.39, 0.29) is 6.42 Å². The molecule has 0 spiro atoms. The number of hydrogen-bond acceptors (Lipinski definition) is 7. The minimum atomic E-state index is -1.01. The van der Waals surface area contributed by atoms with E-state index in [1.54, 1.807) is 13.8 Å². The second-order valence-electron chi connectivity index (χ2n) is 4.70. The van der Waals surface area contributed by atoms with Crippen molar-refractivity contribution in [3.8, 4) is 6.07 Å². The van der Waals surface area contributed by atoms with Gasteiger partial charge in [0.05, 0.1) is 18.6 Å². The Morgan fingerprint density at radius 3 is 2.89 bits per heavy atom. The molecule has 2 heterocycles. The van der Waals surface area contributed by atoms with E-state index in [9.17, 15) is 5.11 Å². The Hall–Kier alpha value is -1.36. The maximum absolute atomic E-state index is 9.81. The number of fused-ring (bicyclic) bond motifs is 1. The van der Waals surface area contributed by atoms with Gasteiger partial charge in [0, 0.05) is 0 Å². The van der Waals surface area contributed by atoms with Crippen LogP contribution in [0.4, 0.5) is 0 Å². The molecule has 0 amide bonds. The molecular formula is C10H15N4O4+. The van der Waals surface area contributed by atoms with Gasteiger partial charge in [-0.15, -0.1) is 0 Å². The van der Waals surface area contributed by atoms with Crippen molar-refractivity contribution in [1.29, 1.82) is 10.8 Å². The molecule has 2 saturated heterocycles. The fourth-order valence-electron chi connectivity index (χ4n) is 2.24. The second kappa shape index (κ2) is 4.72. The van der Waals surface area contributed by atoms with Gasteiger partial charge >= 0.3 is 0 Å². The molecule has 0 aromatic heterocycles. The van der Waals surface area contributed by atoms with Crippen LogP contribution in [-0.4, -0.2) is 41.5 Å². The minimum absolute atomic E-state index is 0.0858. The van der Waals surface area contributed by atoms with Crippen LogP contribution >= 0.6 is 0 Å². The largest absolute Gasteiger partial charge is 0.389 e. The van der Waals surface area contributed by atoms with Gasteiger partial charge in [0.25, 0.3) is 0 Å². The van der Waals surface area contributed by atoms with Gasteiger partial charge in [-0.25, -0.2) is 0 Å². The Morgan fingerprint density at radius 1 is 1.56 bits per heavy atom. The molecule has 8 heteroatoms. The van der Waals surface area contributed by atoms with Gasteiger partial charge in [-0.3, -0.25) is 0 Å². The summed E-state index contributed by atoms with van der Waals surface area (Å²) in [7, 11) is 0. The smallest absolute Gasteiger partial charge is 0.214 e. The van der Waals surface area contributed by atoms with Crippen molar-refractivity contribution in [3.63, 3.8) is 0 Å². The summed E-state index contributed by atoms with van der Waals surface area (Å²) in [5.74, 6) is -0.795. The molecule has 2 aliphatic rings. The zero-order valence-corrected chi connectivity index (χ0v) is 10.1. The molecule has 2 rings (SSSR count). The van der Waals surface area contributed by atoms with Crippen LogP contribution in [0.3, 0.4) is 0 Å². The highest BCUT2D eigenvalue weighted by molar-refractivity contribution is 5.00. The van der Waals surface area contributed by atoms with E-state index in [1.807, 2.05) is 6.07 Å². The highest BCUT2D eigenvalue weighted by Crippen LogP contribution is 2.39. The van der Waals surface area contributed by atoms with Crippen molar-refractivity contribution in [1.82, 2.24) is 4.91 Å². The van der Waals surface area contributed by atoms with Gasteiger partial charge in [-0.05, 0) is 13.8 Å². The Kier molecular flexibility index (Phi) is 3.43. The van der Waals surface area contributed by atoms with Crippen molar-refractivity contribution < 1.29 is 19.3 Å². The average molecular weight is 255 g/mol. The van der Waals surface area contributed by atoms with Crippen LogP contribution in [0.15, 0.2) is 5.11 Å². The Bertz CT molecular complexity index is 415. The van der Waals surface area contributed by atoms with Crippen LogP contribution in [-0.2, 0) is 14.2 Å². The highest BCUT2D eigenvalue weighted by Gasteiger charge is 2.58. The number of aliphatic hydroxyl groups is 1. The molecule has 5 atom stereocenters. The van der Waals surface area contributed by atoms with E-state index < -0.39 is 36.4 Å². The Labute approximate surface area is 104 Å². The van der Waals surface area contributed by atoms with Crippen molar-refractivity contribution in [3.05, 3.63) is 0 Å². The summed E-state index contributed by atoms with van der Waals surface area (Å²) in [4.78, 5) is 2.98. The lowest BCUT2D eigenvalue weighted by Gasteiger charge is -2.23. The fourth-order valence-corrected chi connectivity index (χ4v) is 2.24. The molecule has 0 aromatic carbocycles. The molecule has 2 fully saturated rings. The van der Waals surface area contributed by atoms with Crippen LogP contribution in [0.1, 0.15) is 20.3 Å². The van der Waals surface area contributed by atoms with E-state index in [0.717, 1.165) is 0 Å². The van der Waals surface area contributed by atoms with Crippen LogP contribution in [0, 0.1) is 16.9 Å². The third-order valence-corrected chi connectivity index (χ3v) is 2.92. The number of nitrogens with zero attached hydrogens (tertiary/aromatic N) is 3. The molecule has 98 valence electrons. The fraction of sp³-hybridized carbons (Fsp3) is 0.900. The lowest BCUT2D eigenvalue weighted by Crippen LogP contribution is -2.39. The summed E-state index contributed by atoms with van der Waals surface area (Å²) in [6.45, 7) is 3.48. The van der Waals surface area contributed by atoms with Gasteiger partial charge in [-0.1, -0.05) is 0 Å². The molecule has 18 heavy (non-hydrogen) atoms. The van der Waals surface area contributed by atoms with E-state index >= 15 is 0 Å². The third kappa shape index (κ3) is 2.27. The number of rotatable bonds is 3. The molecule has 0 saturated carbocycles. The maximum Gasteiger partial charge on any atom is 0.214 e. The monoisotopic (exact) mass is 255 g/mol. The molecule has 0 bridgehead atoms. The van der Waals surface area contributed by atoms with Crippen LogP contribution in [0.25, 0.3) is 0 Å². The molecule has 2 aliphatic heterocycles. The highest BCUT2D eigenvalue weighted by atomic mass is 16.8. The number of nitriles is 1. The van der Waals surface area contributed by atoms with E-state index in [1.165, 1.54) is 0 Å². The molecule has 2 unspecified atom stereocenters. The second-order valence-corrected chi connectivity index (χ2v) is 4.70. The minimum Gasteiger partial charge on any atom is -0.389 e. The quantitative estimate of drug-likeness (QED) is 0.545. The SMILES string of the molecule is CC1(C)O[C@H]2OC([C@H](O)CC#N)C(N=[N+]=N)[C@H]2O1. The summed E-state index contributed by atoms with van der Waals surface area (Å²) >= 11 is 0. The third-order valence-electron chi connectivity index (χ3n) is 2.92. The topological polar surface area (TPSA) is 122 Å². The zero-order chi connectivity index (χ0) is 13.3. The van der Waals surface area contributed by atoms with Crippen LogP contribution in [0.5, 0.6) is 0 Å². The normalized spacial score (nSPS) is 38.6. The molecule has 2 N–H and O–H groups in total. The van der Waals surface area contributed by atoms with Gasteiger partial charge in [0.2, 0.25) is 4.91 Å². The van der Waals surface area contributed by atoms with Crippen LogP contribution in [0.2, 0.25) is 0 Å². The average Bonchev–Trinajstić information content (AvgIpc) is 2.73. The first-order valence-electron chi connectivity index (χ1n) is 5.61. The van der Waals surface area contributed by atoms with E-state index in [2.05, 4.69) is 10.0 Å². The summed E-state index contributed by atoms with van der Waals surface area (Å²) in [6.07, 6.45) is -3.02. The molecule has 0 aromatic rings. The Balaban J connectivity index is 2.17. The summed E-state index contributed by atoms with van der Waals surface area (Å²) in [6, 6.07) is 1.22. The summed E-state index contributed by atoms with van der Waals surface area (Å²) in [5, 5.41) is 22.1. The Morgan fingerprint density at radius 2 is 2.28 bits per heavy atom. The summed E-state index contributed by atoms with van der Waals surface area (Å²) < 4.78 is 16.6. The van der Waals surface area contributed by atoms with Crippen LogP contribution < -0.4 is 4.91 Å². The standard InChI is InChI=1S/C10H15N4O4/c1-10(2)17-8-6(13-14-12)7(5(15)3-4-11)16-9(8)18-10/h5-9,12,15H,3H2,1-2H3/q+1/t5-,6?,7?,8-,9-/m1/s1. The molecular weight excluding hydrogens is 240 g/mol. The predicted molar refractivity (Wildman–Crippen MR) is 56.0 cm³/mol. The number of hydrogen-bond donors (Lipinski definition) is 2. The molecule has 8 nitrogen and oxygen atoms in total. The van der Waals surface area contributed by atoms with Crippen molar-refractivity contribution in [2.45, 2.75) is 56.7 Å². The maximum atomic E-state index is 9.81. The molecule has 0 radical (unpaired) electrons.